The molecule has 25 heavy (non-hydrogen) atoms. The van der Waals surface area contributed by atoms with Gasteiger partial charge in [-0.05, 0) is 56.9 Å². The summed E-state index contributed by atoms with van der Waals surface area (Å²) in [7, 11) is 0. The first kappa shape index (κ1) is 17.8. The van der Waals surface area contributed by atoms with E-state index in [0.717, 1.165) is 37.6 Å². The number of nitrogens with one attached hydrogen (secondary N) is 1. The van der Waals surface area contributed by atoms with Crippen LogP contribution in [0.4, 0.5) is 5.69 Å². The van der Waals surface area contributed by atoms with Gasteiger partial charge in [0.05, 0.1) is 0 Å². The van der Waals surface area contributed by atoms with Crippen molar-refractivity contribution in [1.82, 2.24) is 5.32 Å². The third-order valence-electron chi connectivity index (χ3n) is 5.02. The summed E-state index contributed by atoms with van der Waals surface area (Å²) in [5, 5.41) is 3.65. The Balaban J connectivity index is 1.89. The van der Waals surface area contributed by atoms with Crippen LogP contribution < -0.4 is 15.0 Å². The monoisotopic (exact) mass is 338 g/mol. The number of rotatable bonds is 7. The lowest BCUT2D eigenvalue weighted by atomic mass is 10.1. The van der Waals surface area contributed by atoms with Gasteiger partial charge >= 0.3 is 0 Å². The van der Waals surface area contributed by atoms with Crippen molar-refractivity contribution >= 4 is 5.69 Å². The predicted molar refractivity (Wildman–Crippen MR) is 106 cm³/mol. The van der Waals surface area contributed by atoms with Crippen molar-refractivity contribution in [3.8, 4) is 11.5 Å². The normalized spacial score (nSPS) is 15.8. The minimum atomic E-state index is 0.499. The average molecular weight is 338 g/mol. The molecule has 3 nitrogen and oxygen atoms in total. The Morgan fingerprint density at radius 1 is 1.00 bits per heavy atom. The second-order valence-electron chi connectivity index (χ2n) is 6.91. The molecule has 0 spiro atoms. The van der Waals surface area contributed by atoms with Crippen LogP contribution in [-0.4, -0.2) is 19.1 Å². The largest absolute Gasteiger partial charge is 0.457 e. The van der Waals surface area contributed by atoms with Crippen LogP contribution in [0, 0.1) is 0 Å². The molecular weight excluding hydrogens is 308 g/mol. The fraction of sp³-hybridized carbons (Fsp3) is 0.455. The molecule has 2 aromatic rings. The van der Waals surface area contributed by atoms with Crippen molar-refractivity contribution < 1.29 is 4.74 Å². The van der Waals surface area contributed by atoms with E-state index in [1.54, 1.807) is 0 Å². The zero-order valence-corrected chi connectivity index (χ0v) is 15.5. The lowest BCUT2D eigenvalue weighted by molar-refractivity contribution is 0.464. The molecule has 3 rings (SSSR count). The highest BCUT2D eigenvalue weighted by molar-refractivity contribution is 5.60. The molecule has 2 aromatic carbocycles. The van der Waals surface area contributed by atoms with Crippen LogP contribution in [0.1, 0.15) is 45.1 Å². The zero-order chi connectivity index (χ0) is 17.5. The third-order valence-corrected chi connectivity index (χ3v) is 5.02. The van der Waals surface area contributed by atoms with Crippen LogP contribution in [-0.2, 0) is 6.54 Å². The van der Waals surface area contributed by atoms with Gasteiger partial charge in [-0.3, -0.25) is 0 Å². The maximum atomic E-state index is 6.24. The van der Waals surface area contributed by atoms with E-state index in [-0.39, 0.29) is 0 Å². The van der Waals surface area contributed by atoms with Gasteiger partial charge in [-0.15, -0.1) is 0 Å². The standard InChI is InChI=1S/C22H30N2O/c1-3-18(2)23-17-20-21(24-15-8-5-9-16-24)13-10-14-22(20)25-19-11-6-4-7-12-19/h4,6-7,10-14,18,23H,3,5,8-9,15-17H2,1-2H3. The number of hydrogen-bond donors (Lipinski definition) is 1. The molecule has 0 aliphatic carbocycles. The summed E-state index contributed by atoms with van der Waals surface area (Å²) >= 11 is 0. The van der Waals surface area contributed by atoms with Gasteiger partial charge in [0.2, 0.25) is 0 Å². The van der Waals surface area contributed by atoms with E-state index < -0.39 is 0 Å². The van der Waals surface area contributed by atoms with Crippen molar-refractivity contribution in [3.05, 3.63) is 54.1 Å². The smallest absolute Gasteiger partial charge is 0.133 e. The maximum absolute atomic E-state index is 6.24. The quantitative estimate of drug-likeness (QED) is 0.736. The van der Waals surface area contributed by atoms with Crippen LogP contribution >= 0.6 is 0 Å². The first-order chi connectivity index (χ1) is 12.3. The van der Waals surface area contributed by atoms with Crippen molar-refractivity contribution in [1.29, 1.82) is 0 Å². The molecule has 0 saturated carbocycles. The van der Waals surface area contributed by atoms with Gasteiger partial charge in [0.15, 0.2) is 0 Å². The van der Waals surface area contributed by atoms with Crippen LogP contribution in [0.5, 0.6) is 11.5 Å². The van der Waals surface area contributed by atoms with Crippen LogP contribution in [0.25, 0.3) is 0 Å². The van der Waals surface area contributed by atoms with Gasteiger partial charge in [-0.25, -0.2) is 0 Å². The topological polar surface area (TPSA) is 24.5 Å². The number of hydrogen-bond acceptors (Lipinski definition) is 3. The third kappa shape index (κ3) is 4.76. The first-order valence-electron chi connectivity index (χ1n) is 9.61. The molecule has 1 N–H and O–H groups in total. The first-order valence-corrected chi connectivity index (χ1v) is 9.61. The fourth-order valence-electron chi connectivity index (χ4n) is 3.29. The van der Waals surface area contributed by atoms with Crippen molar-refractivity contribution in [2.45, 2.75) is 52.1 Å². The number of para-hydroxylation sites is 1. The summed E-state index contributed by atoms with van der Waals surface area (Å²) in [4.78, 5) is 2.52. The number of benzene rings is 2. The van der Waals surface area contributed by atoms with E-state index in [0.29, 0.717) is 6.04 Å². The van der Waals surface area contributed by atoms with E-state index in [9.17, 15) is 0 Å². The number of nitrogens with zero attached hydrogens (tertiary/aromatic N) is 1. The minimum Gasteiger partial charge on any atom is -0.457 e. The molecule has 1 atom stereocenters. The summed E-state index contributed by atoms with van der Waals surface area (Å²) < 4.78 is 6.24. The maximum Gasteiger partial charge on any atom is 0.133 e. The molecule has 134 valence electrons. The summed E-state index contributed by atoms with van der Waals surface area (Å²) in [6, 6.07) is 17.0. The Morgan fingerprint density at radius 2 is 1.76 bits per heavy atom. The van der Waals surface area contributed by atoms with Gasteiger partial charge in [-0.1, -0.05) is 31.2 Å². The highest BCUT2D eigenvalue weighted by Gasteiger charge is 2.18. The highest BCUT2D eigenvalue weighted by Crippen LogP contribution is 2.34. The van der Waals surface area contributed by atoms with E-state index in [1.807, 2.05) is 30.3 Å². The molecule has 0 amide bonds. The van der Waals surface area contributed by atoms with E-state index in [4.69, 9.17) is 4.74 Å². The highest BCUT2D eigenvalue weighted by atomic mass is 16.5. The molecule has 1 aliphatic rings. The Labute approximate surface area is 152 Å². The van der Waals surface area contributed by atoms with Gasteiger partial charge in [0.25, 0.3) is 0 Å². The molecule has 1 aliphatic heterocycles. The van der Waals surface area contributed by atoms with Crippen molar-refractivity contribution in [2.24, 2.45) is 0 Å². The summed E-state index contributed by atoms with van der Waals surface area (Å²) in [6.07, 6.45) is 5.03. The molecule has 1 fully saturated rings. The lowest BCUT2D eigenvalue weighted by Crippen LogP contribution is -2.32. The molecule has 1 saturated heterocycles. The Kier molecular flexibility index (Phi) is 6.35. The predicted octanol–water partition coefficient (Wildman–Crippen LogP) is 5.36. The summed E-state index contributed by atoms with van der Waals surface area (Å²) in [6.45, 7) is 7.58. The molecular formula is C22H30N2O. The van der Waals surface area contributed by atoms with Crippen LogP contribution in [0.15, 0.2) is 48.5 Å². The van der Waals surface area contributed by atoms with Crippen LogP contribution in [0.3, 0.4) is 0 Å². The van der Waals surface area contributed by atoms with Gasteiger partial charge in [-0.2, -0.15) is 0 Å². The number of ether oxygens (including phenoxy) is 1. The minimum absolute atomic E-state index is 0.499. The Morgan fingerprint density at radius 3 is 2.48 bits per heavy atom. The summed E-state index contributed by atoms with van der Waals surface area (Å²) in [5.74, 6) is 1.85. The van der Waals surface area contributed by atoms with E-state index in [2.05, 4.69) is 42.3 Å². The molecule has 1 unspecified atom stereocenters. The van der Waals surface area contributed by atoms with Gasteiger partial charge in [0.1, 0.15) is 11.5 Å². The number of piperidine rings is 1. The Hall–Kier alpha value is -2.00. The molecule has 0 aromatic heterocycles. The Bertz CT molecular complexity index is 650. The molecule has 1 heterocycles. The second kappa shape index (κ2) is 8.91. The average Bonchev–Trinajstić information content (AvgIpc) is 2.68. The van der Waals surface area contributed by atoms with E-state index in [1.165, 1.54) is 30.5 Å². The SMILES string of the molecule is CCC(C)NCc1c(Oc2ccccc2)cccc1N1CCCCC1. The van der Waals surface area contributed by atoms with Gasteiger partial charge in [0, 0.05) is 36.9 Å². The lowest BCUT2D eigenvalue weighted by Gasteiger charge is -2.31. The molecule has 0 bridgehead atoms. The summed E-state index contributed by atoms with van der Waals surface area (Å²) in [5.41, 5.74) is 2.59. The molecule has 0 radical (unpaired) electrons. The second-order valence-corrected chi connectivity index (χ2v) is 6.91. The van der Waals surface area contributed by atoms with Crippen LogP contribution in [0.2, 0.25) is 0 Å². The van der Waals surface area contributed by atoms with Crippen molar-refractivity contribution in [3.63, 3.8) is 0 Å². The van der Waals surface area contributed by atoms with Crippen molar-refractivity contribution in [2.75, 3.05) is 18.0 Å². The van der Waals surface area contributed by atoms with Gasteiger partial charge < -0.3 is 15.0 Å². The number of anilines is 1. The zero-order valence-electron chi connectivity index (χ0n) is 15.5. The molecule has 3 heteroatoms. The fourth-order valence-corrected chi connectivity index (χ4v) is 3.29. The van der Waals surface area contributed by atoms with E-state index >= 15 is 0 Å².